The highest BCUT2D eigenvalue weighted by Crippen LogP contribution is 2.16. The van der Waals surface area contributed by atoms with E-state index in [-0.39, 0.29) is 0 Å². The molecular weight excluding hydrogens is 214 g/mol. The van der Waals surface area contributed by atoms with E-state index in [1.54, 1.807) is 0 Å². The molecule has 0 saturated carbocycles. The summed E-state index contributed by atoms with van der Waals surface area (Å²) in [6.45, 7) is 4.81. The maximum atomic E-state index is 9.54. The van der Waals surface area contributed by atoms with Crippen LogP contribution in [0.1, 0.15) is 12.7 Å². The van der Waals surface area contributed by atoms with Crippen molar-refractivity contribution in [3.8, 4) is 0 Å². The maximum Gasteiger partial charge on any atom is 0.191 e. The number of aromatic nitrogens is 3. The highest BCUT2D eigenvalue weighted by atomic mass is 32.2. The first-order valence-electron chi connectivity index (χ1n) is 4.89. The Morgan fingerprint density at radius 3 is 2.80 bits per heavy atom. The van der Waals surface area contributed by atoms with E-state index in [4.69, 9.17) is 4.74 Å². The molecule has 0 aromatic carbocycles. The molecule has 1 rings (SSSR count). The Bertz CT molecular complexity index is 304. The first-order valence-corrected chi connectivity index (χ1v) is 5.88. The van der Waals surface area contributed by atoms with Gasteiger partial charge in [-0.25, -0.2) is 0 Å². The number of ether oxygens (including phenoxy) is 1. The summed E-state index contributed by atoms with van der Waals surface area (Å²) in [4.78, 5) is 0. The number of thioether (sulfide) groups is 1. The van der Waals surface area contributed by atoms with Crippen molar-refractivity contribution in [1.29, 1.82) is 0 Å². The molecule has 0 amide bonds. The predicted molar refractivity (Wildman–Crippen MR) is 59.0 cm³/mol. The second kappa shape index (κ2) is 6.09. The number of aliphatic hydroxyl groups is 1. The van der Waals surface area contributed by atoms with Crippen LogP contribution in [0, 0.1) is 6.92 Å². The van der Waals surface area contributed by atoms with Crippen LogP contribution >= 0.6 is 11.8 Å². The van der Waals surface area contributed by atoms with Gasteiger partial charge >= 0.3 is 0 Å². The van der Waals surface area contributed by atoms with Crippen LogP contribution < -0.4 is 0 Å². The third-order valence-corrected chi connectivity index (χ3v) is 3.14. The van der Waals surface area contributed by atoms with E-state index in [1.165, 1.54) is 11.8 Å². The molecule has 0 radical (unpaired) electrons. The van der Waals surface area contributed by atoms with Crippen LogP contribution in [-0.4, -0.2) is 44.9 Å². The molecule has 0 aliphatic heterocycles. The van der Waals surface area contributed by atoms with Gasteiger partial charge in [0.2, 0.25) is 0 Å². The van der Waals surface area contributed by atoms with E-state index in [9.17, 15) is 5.11 Å². The van der Waals surface area contributed by atoms with Crippen LogP contribution in [0.4, 0.5) is 0 Å². The number of nitrogens with zero attached hydrogens (tertiary/aromatic N) is 3. The Morgan fingerprint density at radius 2 is 2.27 bits per heavy atom. The van der Waals surface area contributed by atoms with Crippen LogP contribution in [0.2, 0.25) is 0 Å². The van der Waals surface area contributed by atoms with Gasteiger partial charge in [-0.2, -0.15) is 0 Å². The van der Waals surface area contributed by atoms with Gasteiger partial charge in [-0.3, -0.25) is 0 Å². The number of hydrogen-bond acceptors (Lipinski definition) is 5. The Balaban J connectivity index is 2.33. The molecule has 1 N–H and O–H groups in total. The fourth-order valence-electron chi connectivity index (χ4n) is 0.986. The molecule has 1 aromatic heterocycles. The van der Waals surface area contributed by atoms with E-state index >= 15 is 0 Å². The molecule has 15 heavy (non-hydrogen) atoms. The minimum Gasteiger partial charge on any atom is -0.390 e. The average Bonchev–Trinajstić information content (AvgIpc) is 2.54. The van der Waals surface area contributed by atoms with Crippen LogP contribution in [0.3, 0.4) is 0 Å². The Labute approximate surface area is 93.8 Å². The van der Waals surface area contributed by atoms with Gasteiger partial charge in [0.25, 0.3) is 0 Å². The van der Waals surface area contributed by atoms with Gasteiger partial charge in [0, 0.05) is 19.4 Å². The number of aliphatic hydroxyl groups excluding tert-OH is 1. The smallest absolute Gasteiger partial charge is 0.191 e. The molecule has 86 valence electrons. The van der Waals surface area contributed by atoms with Gasteiger partial charge in [0.05, 0.1) is 12.7 Å². The monoisotopic (exact) mass is 231 g/mol. The highest BCUT2D eigenvalue weighted by molar-refractivity contribution is 7.99. The molecule has 1 heterocycles. The van der Waals surface area contributed by atoms with Gasteiger partial charge in [-0.1, -0.05) is 11.8 Å². The lowest BCUT2D eigenvalue weighted by Gasteiger charge is -2.09. The standard InChI is InChI=1S/C9H17N3O2S/c1-4-14-5-8(13)6-15-9-11-10-7(2)12(9)3/h8,13H,4-6H2,1-3H3. The SMILES string of the molecule is CCOCC(O)CSc1nnc(C)n1C. The first-order chi connectivity index (χ1) is 7.15. The fraction of sp³-hybridized carbons (Fsp3) is 0.778. The normalized spacial score (nSPS) is 13.1. The van der Waals surface area contributed by atoms with E-state index in [2.05, 4.69) is 10.2 Å². The molecule has 5 nitrogen and oxygen atoms in total. The molecule has 1 atom stereocenters. The van der Waals surface area contributed by atoms with E-state index < -0.39 is 6.10 Å². The molecule has 1 unspecified atom stereocenters. The summed E-state index contributed by atoms with van der Waals surface area (Å²) < 4.78 is 7.01. The second-order valence-electron chi connectivity index (χ2n) is 3.21. The molecule has 0 saturated heterocycles. The van der Waals surface area contributed by atoms with Crippen molar-refractivity contribution in [1.82, 2.24) is 14.8 Å². The lowest BCUT2D eigenvalue weighted by atomic mass is 10.4. The number of rotatable bonds is 6. The minimum absolute atomic E-state index is 0.375. The van der Waals surface area contributed by atoms with Gasteiger partial charge in [-0.05, 0) is 13.8 Å². The predicted octanol–water partition coefficient (Wildman–Crippen LogP) is 0.613. The molecule has 0 aliphatic carbocycles. The Hall–Kier alpha value is -0.590. The number of aryl methyl sites for hydroxylation is 1. The Morgan fingerprint density at radius 1 is 1.53 bits per heavy atom. The summed E-state index contributed by atoms with van der Waals surface area (Å²) in [5.41, 5.74) is 0. The summed E-state index contributed by atoms with van der Waals surface area (Å²) in [5, 5.41) is 18.3. The maximum absolute atomic E-state index is 9.54. The van der Waals surface area contributed by atoms with Crippen molar-refractivity contribution in [3.63, 3.8) is 0 Å². The molecule has 0 fully saturated rings. The molecule has 1 aromatic rings. The second-order valence-corrected chi connectivity index (χ2v) is 4.20. The third-order valence-electron chi connectivity index (χ3n) is 1.97. The molecule has 0 aliphatic rings. The average molecular weight is 231 g/mol. The van der Waals surface area contributed by atoms with E-state index in [0.29, 0.717) is 19.0 Å². The summed E-state index contributed by atoms with van der Waals surface area (Å²) in [6, 6.07) is 0. The zero-order chi connectivity index (χ0) is 11.3. The van der Waals surface area contributed by atoms with Crippen molar-refractivity contribution < 1.29 is 9.84 Å². The van der Waals surface area contributed by atoms with E-state index in [0.717, 1.165) is 11.0 Å². The van der Waals surface area contributed by atoms with Gasteiger partial charge in [0.1, 0.15) is 5.82 Å². The molecule has 6 heteroatoms. The van der Waals surface area contributed by atoms with Crippen molar-refractivity contribution in [2.75, 3.05) is 19.0 Å². The Kier molecular flexibility index (Phi) is 5.07. The van der Waals surface area contributed by atoms with Crippen molar-refractivity contribution in [3.05, 3.63) is 5.82 Å². The van der Waals surface area contributed by atoms with Crippen LogP contribution in [0.25, 0.3) is 0 Å². The zero-order valence-electron chi connectivity index (χ0n) is 9.30. The topological polar surface area (TPSA) is 60.2 Å². The molecule has 0 bridgehead atoms. The largest absolute Gasteiger partial charge is 0.390 e. The summed E-state index contributed by atoms with van der Waals surface area (Å²) >= 11 is 1.49. The summed E-state index contributed by atoms with van der Waals surface area (Å²) in [5.74, 6) is 1.45. The number of hydrogen-bond donors (Lipinski definition) is 1. The molecular formula is C9H17N3O2S. The van der Waals surface area contributed by atoms with Crippen LogP contribution in [0.15, 0.2) is 5.16 Å². The quantitative estimate of drug-likeness (QED) is 0.727. The van der Waals surface area contributed by atoms with Crippen LogP contribution in [0.5, 0.6) is 0 Å². The highest BCUT2D eigenvalue weighted by Gasteiger charge is 2.09. The third kappa shape index (κ3) is 3.81. The van der Waals surface area contributed by atoms with Crippen LogP contribution in [-0.2, 0) is 11.8 Å². The van der Waals surface area contributed by atoms with Gasteiger partial charge in [-0.15, -0.1) is 10.2 Å². The van der Waals surface area contributed by atoms with Crippen molar-refractivity contribution >= 4 is 11.8 Å². The van der Waals surface area contributed by atoms with Crippen molar-refractivity contribution in [2.45, 2.75) is 25.1 Å². The fourth-order valence-corrected chi connectivity index (χ4v) is 1.85. The zero-order valence-corrected chi connectivity index (χ0v) is 10.1. The van der Waals surface area contributed by atoms with Crippen molar-refractivity contribution in [2.24, 2.45) is 7.05 Å². The minimum atomic E-state index is -0.452. The summed E-state index contributed by atoms with van der Waals surface area (Å²) in [6.07, 6.45) is -0.452. The molecule has 0 spiro atoms. The summed E-state index contributed by atoms with van der Waals surface area (Å²) in [7, 11) is 1.91. The lowest BCUT2D eigenvalue weighted by Crippen LogP contribution is -2.18. The van der Waals surface area contributed by atoms with Gasteiger partial charge < -0.3 is 14.4 Å². The van der Waals surface area contributed by atoms with E-state index in [1.807, 2.05) is 25.5 Å². The first kappa shape index (κ1) is 12.5. The lowest BCUT2D eigenvalue weighted by molar-refractivity contribution is 0.0551. The van der Waals surface area contributed by atoms with Gasteiger partial charge in [0.15, 0.2) is 5.16 Å².